The van der Waals surface area contributed by atoms with Gasteiger partial charge in [-0.25, -0.2) is 0 Å². The summed E-state index contributed by atoms with van der Waals surface area (Å²) in [7, 11) is 0. The lowest BCUT2D eigenvalue weighted by Crippen LogP contribution is -2.42. The highest BCUT2D eigenvalue weighted by molar-refractivity contribution is 9.10. The molecule has 0 amide bonds. The highest BCUT2D eigenvalue weighted by Gasteiger charge is 2.34. The van der Waals surface area contributed by atoms with Gasteiger partial charge in [-0.2, -0.15) is 5.26 Å². The molecule has 1 N–H and O–H groups in total. The maximum atomic E-state index is 9.74. The number of anilines is 1. The summed E-state index contributed by atoms with van der Waals surface area (Å²) in [5.41, 5.74) is 3.03. The smallest absolute Gasteiger partial charge is 0.129 e. The number of hydrogen-bond donors (Lipinski definition) is 1. The highest BCUT2D eigenvalue weighted by Crippen LogP contribution is 2.34. The minimum Gasteiger partial charge on any atom is -0.366 e. The Morgan fingerprint density at radius 2 is 1.90 bits per heavy atom. The van der Waals surface area contributed by atoms with Crippen molar-refractivity contribution in [2.24, 2.45) is 0 Å². The number of fused-ring (bicyclic) bond motifs is 1. The molecule has 1 atom stereocenters. The normalized spacial score (nSPS) is 20.4. The molecule has 0 aromatic heterocycles. The Morgan fingerprint density at radius 1 is 1.10 bits per heavy atom. The minimum absolute atomic E-state index is 0.537. The Bertz CT molecular complexity index is 721. The summed E-state index contributed by atoms with van der Waals surface area (Å²) >= 11 is 7.05. The fraction of sp³-hybridized carbons (Fsp3) is 0.235. The van der Waals surface area contributed by atoms with E-state index in [1.807, 2.05) is 30.3 Å². The molecule has 1 aliphatic rings. The number of benzene rings is 2. The molecule has 0 bridgehead atoms. The molecule has 3 rings (SSSR count). The first-order valence-electron chi connectivity index (χ1n) is 6.83. The Balaban J connectivity index is 1.91. The van der Waals surface area contributed by atoms with Crippen LogP contribution in [-0.4, -0.2) is 5.54 Å². The number of rotatable bonds is 2. The Kier molecular flexibility index (Phi) is 4.05. The number of aryl methyl sites for hydroxylation is 1. The molecule has 0 radical (unpaired) electrons. The summed E-state index contributed by atoms with van der Waals surface area (Å²) in [6.07, 6.45) is 2.46. The van der Waals surface area contributed by atoms with Crippen LogP contribution in [0.3, 0.4) is 0 Å². The van der Waals surface area contributed by atoms with Crippen LogP contribution >= 0.6 is 31.9 Å². The van der Waals surface area contributed by atoms with Gasteiger partial charge in [-0.1, -0.05) is 34.1 Å². The molecule has 0 heterocycles. The van der Waals surface area contributed by atoms with Crippen molar-refractivity contribution < 1.29 is 0 Å². The van der Waals surface area contributed by atoms with E-state index in [1.54, 1.807) is 0 Å². The van der Waals surface area contributed by atoms with E-state index in [-0.39, 0.29) is 0 Å². The lowest BCUT2D eigenvalue weighted by atomic mass is 9.78. The Hall–Kier alpha value is -1.31. The molecular formula is C17H14Br2N2. The van der Waals surface area contributed by atoms with Gasteiger partial charge in [0.05, 0.1) is 6.07 Å². The van der Waals surface area contributed by atoms with Gasteiger partial charge in [-0.3, -0.25) is 0 Å². The van der Waals surface area contributed by atoms with Gasteiger partial charge in [0.15, 0.2) is 0 Å². The van der Waals surface area contributed by atoms with Gasteiger partial charge < -0.3 is 5.32 Å². The number of nitriles is 1. The number of hydrogen-bond acceptors (Lipinski definition) is 2. The van der Waals surface area contributed by atoms with Crippen molar-refractivity contribution in [3.05, 3.63) is 62.5 Å². The SMILES string of the molecule is N#CC1(Nc2ccccc2Br)CCc2cc(Br)ccc2C1. The molecule has 0 spiro atoms. The maximum Gasteiger partial charge on any atom is 0.129 e. The zero-order valence-corrected chi connectivity index (χ0v) is 14.5. The lowest BCUT2D eigenvalue weighted by molar-refractivity contribution is 0.506. The molecule has 1 unspecified atom stereocenters. The van der Waals surface area contributed by atoms with E-state index < -0.39 is 5.54 Å². The quantitative estimate of drug-likeness (QED) is 0.756. The van der Waals surface area contributed by atoms with E-state index in [0.717, 1.165) is 33.9 Å². The average Bonchev–Trinajstić information content (AvgIpc) is 2.50. The second-order valence-electron chi connectivity index (χ2n) is 5.39. The van der Waals surface area contributed by atoms with E-state index in [9.17, 15) is 5.26 Å². The first kappa shape index (κ1) is 14.6. The molecule has 106 valence electrons. The summed E-state index contributed by atoms with van der Waals surface area (Å²) < 4.78 is 2.09. The number of nitrogens with zero attached hydrogens (tertiary/aromatic N) is 1. The third-order valence-electron chi connectivity index (χ3n) is 3.94. The van der Waals surface area contributed by atoms with Gasteiger partial charge >= 0.3 is 0 Å². The molecular weight excluding hydrogens is 392 g/mol. The highest BCUT2D eigenvalue weighted by atomic mass is 79.9. The van der Waals surface area contributed by atoms with Crippen molar-refractivity contribution in [2.45, 2.75) is 24.8 Å². The van der Waals surface area contributed by atoms with Crippen LogP contribution in [0.5, 0.6) is 0 Å². The van der Waals surface area contributed by atoms with Crippen LogP contribution < -0.4 is 5.32 Å². The van der Waals surface area contributed by atoms with Gasteiger partial charge in [-0.05, 0) is 64.2 Å². The van der Waals surface area contributed by atoms with Crippen molar-refractivity contribution in [3.63, 3.8) is 0 Å². The van der Waals surface area contributed by atoms with Crippen LogP contribution in [0.15, 0.2) is 51.4 Å². The van der Waals surface area contributed by atoms with Gasteiger partial charge in [-0.15, -0.1) is 0 Å². The Morgan fingerprint density at radius 3 is 2.67 bits per heavy atom. The van der Waals surface area contributed by atoms with E-state index in [1.165, 1.54) is 11.1 Å². The summed E-state index contributed by atoms with van der Waals surface area (Å²) in [6.45, 7) is 0. The summed E-state index contributed by atoms with van der Waals surface area (Å²) in [5.74, 6) is 0. The lowest BCUT2D eigenvalue weighted by Gasteiger charge is -2.34. The Labute approximate surface area is 141 Å². The van der Waals surface area contributed by atoms with Crippen molar-refractivity contribution in [1.82, 2.24) is 0 Å². The molecule has 0 fully saturated rings. The molecule has 2 aromatic rings. The zero-order valence-electron chi connectivity index (χ0n) is 11.4. The van der Waals surface area contributed by atoms with Gasteiger partial charge in [0.2, 0.25) is 0 Å². The van der Waals surface area contributed by atoms with Gasteiger partial charge in [0.25, 0.3) is 0 Å². The van der Waals surface area contributed by atoms with Crippen LogP contribution in [0.1, 0.15) is 17.5 Å². The van der Waals surface area contributed by atoms with Crippen LogP contribution in [0, 0.1) is 11.3 Å². The molecule has 4 heteroatoms. The molecule has 21 heavy (non-hydrogen) atoms. The van der Waals surface area contributed by atoms with E-state index >= 15 is 0 Å². The minimum atomic E-state index is -0.537. The van der Waals surface area contributed by atoms with Gasteiger partial charge in [0.1, 0.15) is 5.54 Å². The average molecular weight is 406 g/mol. The number of nitrogens with one attached hydrogen (secondary N) is 1. The topological polar surface area (TPSA) is 35.8 Å². The number of para-hydroxylation sites is 1. The van der Waals surface area contributed by atoms with Crippen LogP contribution in [-0.2, 0) is 12.8 Å². The van der Waals surface area contributed by atoms with Crippen molar-refractivity contribution >= 4 is 37.5 Å². The molecule has 2 nitrogen and oxygen atoms in total. The summed E-state index contributed by atoms with van der Waals surface area (Å²) in [6, 6.07) is 16.8. The molecule has 0 saturated carbocycles. The van der Waals surface area contributed by atoms with E-state index in [0.29, 0.717) is 0 Å². The summed E-state index contributed by atoms with van der Waals surface area (Å²) in [4.78, 5) is 0. The van der Waals surface area contributed by atoms with Crippen LogP contribution in [0.2, 0.25) is 0 Å². The second kappa shape index (κ2) is 5.82. The number of halogens is 2. The van der Waals surface area contributed by atoms with Crippen molar-refractivity contribution in [1.29, 1.82) is 5.26 Å². The first-order valence-corrected chi connectivity index (χ1v) is 8.42. The third kappa shape index (κ3) is 3.00. The first-order chi connectivity index (χ1) is 10.1. The largest absolute Gasteiger partial charge is 0.366 e. The zero-order chi connectivity index (χ0) is 14.9. The molecule has 1 aliphatic carbocycles. The molecule has 0 saturated heterocycles. The monoisotopic (exact) mass is 404 g/mol. The van der Waals surface area contributed by atoms with Crippen LogP contribution in [0.4, 0.5) is 5.69 Å². The fourth-order valence-corrected chi connectivity index (χ4v) is 3.60. The van der Waals surface area contributed by atoms with Crippen LogP contribution in [0.25, 0.3) is 0 Å². The summed E-state index contributed by atoms with van der Waals surface area (Å²) in [5, 5.41) is 13.2. The standard InChI is InChI=1S/C17H14Br2N2/c18-14-6-5-13-10-17(11-20,8-7-12(13)9-14)21-16-4-2-1-3-15(16)19/h1-6,9,21H,7-8,10H2. The van der Waals surface area contributed by atoms with E-state index in [2.05, 4.69) is 55.4 Å². The molecule has 0 aliphatic heterocycles. The van der Waals surface area contributed by atoms with E-state index in [4.69, 9.17) is 0 Å². The maximum absolute atomic E-state index is 9.74. The second-order valence-corrected chi connectivity index (χ2v) is 7.16. The predicted octanol–water partition coefficient (Wildman–Crippen LogP) is 5.07. The molecule has 2 aromatic carbocycles. The third-order valence-corrected chi connectivity index (χ3v) is 5.13. The predicted molar refractivity (Wildman–Crippen MR) is 92.3 cm³/mol. The fourth-order valence-electron chi connectivity index (χ4n) is 2.81. The van der Waals surface area contributed by atoms with Crippen molar-refractivity contribution in [2.75, 3.05) is 5.32 Å². The van der Waals surface area contributed by atoms with Gasteiger partial charge in [0, 0.05) is 21.1 Å². The van der Waals surface area contributed by atoms with Crippen molar-refractivity contribution in [3.8, 4) is 6.07 Å².